The number of nitrogens with zero attached hydrogens (tertiary/aromatic N) is 5. The molecule has 1 fully saturated rings. The average Bonchev–Trinajstić information content (AvgIpc) is 3.48. The van der Waals surface area contributed by atoms with E-state index in [0.29, 0.717) is 36.1 Å². The summed E-state index contributed by atoms with van der Waals surface area (Å²) >= 11 is 1.60. The fraction of sp³-hybridized carbons (Fsp3) is 0.429. The summed E-state index contributed by atoms with van der Waals surface area (Å²) in [5.74, 6) is 1.27. The van der Waals surface area contributed by atoms with E-state index < -0.39 is 0 Å². The fourth-order valence-electron chi connectivity index (χ4n) is 3.62. The third-order valence-corrected chi connectivity index (χ3v) is 6.23. The first-order valence-electron chi connectivity index (χ1n) is 10.1. The highest BCUT2D eigenvalue weighted by Gasteiger charge is 2.24. The summed E-state index contributed by atoms with van der Waals surface area (Å²) in [7, 11) is 1.80. The summed E-state index contributed by atoms with van der Waals surface area (Å²) in [5, 5.41) is 6.04. The molecule has 1 saturated heterocycles. The van der Waals surface area contributed by atoms with Gasteiger partial charge in [-0.1, -0.05) is 11.2 Å². The van der Waals surface area contributed by atoms with Gasteiger partial charge in [0, 0.05) is 51.4 Å². The molecule has 3 aromatic heterocycles. The lowest BCUT2D eigenvalue weighted by Gasteiger charge is -2.34. The van der Waals surface area contributed by atoms with Crippen LogP contribution in [-0.2, 0) is 13.5 Å². The van der Waals surface area contributed by atoms with Crippen molar-refractivity contribution < 1.29 is 14.1 Å². The average molecular weight is 428 g/mol. The Kier molecular flexibility index (Phi) is 6.10. The van der Waals surface area contributed by atoms with Crippen LogP contribution in [0.2, 0.25) is 0 Å². The molecule has 4 heterocycles. The maximum absolute atomic E-state index is 12.8. The van der Waals surface area contributed by atoms with Gasteiger partial charge in [-0.25, -0.2) is 0 Å². The van der Waals surface area contributed by atoms with Crippen LogP contribution in [0.4, 0.5) is 0 Å². The van der Waals surface area contributed by atoms with Crippen LogP contribution < -0.4 is 0 Å². The van der Waals surface area contributed by atoms with E-state index >= 15 is 0 Å². The second-order valence-corrected chi connectivity index (χ2v) is 8.46. The lowest BCUT2D eigenvalue weighted by Crippen LogP contribution is -2.49. The highest BCUT2D eigenvalue weighted by atomic mass is 32.1. The molecule has 0 unspecified atom stereocenters. The van der Waals surface area contributed by atoms with Crippen LogP contribution in [0.5, 0.6) is 0 Å². The third kappa shape index (κ3) is 4.52. The van der Waals surface area contributed by atoms with Gasteiger partial charge in [0.2, 0.25) is 11.7 Å². The van der Waals surface area contributed by atoms with Crippen LogP contribution in [0.25, 0.3) is 10.7 Å². The summed E-state index contributed by atoms with van der Waals surface area (Å²) in [6.07, 6.45) is 3.39. The molecule has 0 spiro atoms. The molecule has 4 rings (SSSR count). The SMILES string of the molecule is CC(=O)c1cc(C(=O)N2CCN(CCCc3nc(-c4cccs4)no3)CC2)n(C)c1. The number of Topliss-reactive ketones (excluding diaryl/α,β-unsaturated/α-hetero) is 1. The molecule has 3 aromatic rings. The maximum Gasteiger partial charge on any atom is 0.270 e. The van der Waals surface area contributed by atoms with E-state index in [2.05, 4.69) is 15.0 Å². The van der Waals surface area contributed by atoms with E-state index in [1.54, 1.807) is 35.2 Å². The van der Waals surface area contributed by atoms with Crippen molar-refractivity contribution in [2.75, 3.05) is 32.7 Å². The fourth-order valence-corrected chi connectivity index (χ4v) is 4.27. The number of hydrogen-bond donors (Lipinski definition) is 0. The molecule has 0 atom stereocenters. The highest BCUT2D eigenvalue weighted by Crippen LogP contribution is 2.21. The molecular weight excluding hydrogens is 402 g/mol. The lowest BCUT2D eigenvalue weighted by molar-refractivity contribution is 0.0626. The highest BCUT2D eigenvalue weighted by molar-refractivity contribution is 7.13. The molecule has 0 aromatic carbocycles. The van der Waals surface area contributed by atoms with Crippen molar-refractivity contribution in [2.45, 2.75) is 19.8 Å². The standard InChI is InChI=1S/C21H25N5O3S/c1-15(27)16-13-17(24(2)14-16)21(28)26-10-8-25(9-11-26)7-3-6-19-22-20(23-29-19)18-5-4-12-30-18/h4-5,12-14H,3,6-11H2,1-2H3. The van der Waals surface area contributed by atoms with Crippen molar-refractivity contribution in [3.05, 3.63) is 46.9 Å². The van der Waals surface area contributed by atoms with Crippen molar-refractivity contribution in [3.8, 4) is 10.7 Å². The zero-order chi connectivity index (χ0) is 21.1. The van der Waals surface area contributed by atoms with E-state index in [1.165, 1.54) is 6.92 Å². The van der Waals surface area contributed by atoms with Gasteiger partial charge in [-0.2, -0.15) is 4.98 Å². The number of hydrogen-bond acceptors (Lipinski definition) is 7. The summed E-state index contributed by atoms with van der Waals surface area (Å²) < 4.78 is 7.09. The predicted molar refractivity (Wildman–Crippen MR) is 114 cm³/mol. The van der Waals surface area contributed by atoms with Crippen LogP contribution in [0.15, 0.2) is 34.3 Å². The number of aromatic nitrogens is 3. The summed E-state index contributed by atoms with van der Waals surface area (Å²) in [5.41, 5.74) is 1.13. The maximum atomic E-state index is 12.8. The van der Waals surface area contributed by atoms with Crippen LogP contribution in [0, 0.1) is 0 Å². The van der Waals surface area contributed by atoms with Crippen LogP contribution in [0.1, 0.15) is 40.1 Å². The molecule has 0 aliphatic carbocycles. The molecule has 9 heteroatoms. The predicted octanol–water partition coefficient (Wildman–Crippen LogP) is 2.73. The second-order valence-electron chi connectivity index (χ2n) is 7.51. The minimum absolute atomic E-state index is 0.0170. The van der Waals surface area contributed by atoms with Crippen molar-refractivity contribution in [1.82, 2.24) is 24.5 Å². The van der Waals surface area contributed by atoms with Gasteiger partial charge in [0.25, 0.3) is 5.91 Å². The smallest absolute Gasteiger partial charge is 0.270 e. The normalized spacial score (nSPS) is 14.9. The third-order valence-electron chi connectivity index (χ3n) is 5.36. The molecule has 1 amide bonds. The Balaban J connectivity index is 1.23. The molecular formula is C21H25N5O3S. The molecule has 0 N–H and O–H groups in total. The Morgan fingerprint density at radius 1 is 1.23 bits per heavy atom. The van der Waals surface area contributed by atoms with Gasteiger partial charge in [0.1, 0.15) is 5.69 Å². The van der Waals surface area contributed by atoms with E-state index in [0.717, 1.165) is 37.4 Å². The molecule has 0 bridgehead atoms. The number of piperazine rings is 1. The first-order chi connectivity index (χ1) is 14.5. The minimum atomic E-state index is -0.0294. The number of thiophene rings is 1. The first-order valence-corrected chi connectivity index (χ1v) is 10.9. The van der Waals surface area contributed by atoms with E-state index in [4.69, 9.17) is 4.52 Å². The van der Waals surface area contributed by atoms with Gasteiger partial charge < -0.3 is 14.0 Å². The second kappa shape index (κ2) is 8.93. The monoisotopic (exact) mass is 427 g/mol. The molecule has 8 nitrogen and oxygen atoms in total. The van der Waals surface area contributed by atoms with Crippen molar-refractivity contribution in [2.24, 2.45) is 7.05 Å². The molecule has 0 saturated carbocycles. The summed E-state index contributed by atoms with van der Waals surface area (Å²) in [6.45, 7) is 5.47. The van der Waals surface area contributed by atoms with Gasteiger partial charge in [0.15, 0.2) is 5.78 Å². The van der Waals surface area contributed by atoms with Crippen LogP contribution >= 0.6 is 11.3 Å². The van der Waals surface area contributed by atoms with Crippen LogP contribution in [0.3, 0.4) is 0 Å². The number of amides is 1. The molecule has 30 heavy (non-hydrogen) atoms. The Labute approximate surface area is 179 Å². The topological polar surface area (TPSA) is 84.5 Å². The number of carbonyl (C=O) groups is 2. The first kappa shape index (κ1) is 20.5. The van der Waals surface area contributed by atoms with Crippen molar-refractivity contribution in [3.63, 3.8) is 0 Å². The van der Waals surface area contributed by atoms with Gasteiger partial charge in [-0.05, 0) is 37.4 Å². The number of carbonyl (C=O) groups excluding carboxylic acids is 2. The number of aryl methyl sites for hydroxylation is 2. The quantitative estimate of drug-likeness (QED) is 0.539. The Hall–Kier alpha value is -2.78. The van der Waals surface area contributed by atoms with E-state index in [9.17, 15) is 9.59 Å². The summed E-state index contributed by atoms with van der Waals surface area (Å²) in [6, 6.07) is 5.64. The Morgan fingerprint density at radius 2 is 2.03 bits per heavy atom. The van der Waals surface area contributed by atoms with Gasteiger partial charge in [0.05, 0.1) is 4.88 Å². The largest absolute Gasteiger partial charge is 0.346 e. The molecule has 1 aliphatic rings. The summed E-state index contributed by atoms with van der Waals surface area (Å²) in [4.78, 5) is 34.1. The van der Waals surface area contributed by atoms with E-state index in [-0.39, 0.29) is 11.7 Å². The zero-order valence-corrected chi connectivity index (χ0v) is 18.0. The minimum Gasteiger partial charge on any atom is -0.346 e. The number of rotatable bonds is 7. The van der Waals surface area contributed by atoms with Crippen molar-refractivity contribution >= 4 is 23.0 Å². The van der Waals surface area contributed by atoms with Crippen LogP contribution in [-0.4, -0.2) is 68.9 Å². The van der Waals surface area contributed by atoms with Gasteiger partial charge in [-0.3, -0.25) is 14.5 Å². The van der Waals surface area contributed by atoms with Gasteiger partial charge in [-0.15, -0.1) is 11.3 Å². The van der Waals surface area contributed by atoms with Gasteiger partial charge >= 0.3 is 0 Å². The molecule has 1 aliphatic heterocycles. The lowest BCUT2D eigenvalue weighted by atomic mass is 10.2. The molecule has 158 valence electrons. The Bertz CT molecular complexity index is 1020. The molecule has 0 radical (unpaired) electrons. The van der Waals surface area contributed by atoms with E-state index in [1.807, 2.05) is 22.4 Å². The van der Waals surface area contributed by atoms with Crippen molar-refractivity contribution in [1.29, 1.82) is 0 Å². The Morgan fingerprint density at radius 3 is 2.70 bits per heavy atom. The number of ketones is 1. The zero-order valence-electron chi connectivity index (χ0n) is 17.2.